The highest BCUT2D eigenvalue weighted by molar-refractivity contribution is 7.20. The standard InChI is InChI=1S/C16H14FN3OS.ClH/c17-12-7-10(8-18)5-6-11(12)9-19-15(21)16-20-13-3-1-2-4-14(13)22-16;/h1-7H,8-9,18H2,(H,19,21);1H. The third-order valence-corrected chi connectivity index (χ3v) is 4.32. The highest BCUT2D eigenvalue weighted by Gasteiger charge is 2.12. The number of nitrogens with zero attached hydrogens (tertiary/aromatic N) is 1. The smallest absolute Gasteiger partial charge is 0.280 e. The minimum Gasteiger partial charge on any atom is -0.346 e. The molecule has 0 unspecified atom stereocenters. The lowest BCUT2D eigenvalue weighted by molar-refractivity contribution is 0.0950. The number of para-hydroxylation sites is 1. The number of nitrogens with one attached hydrogen (secondary N) is 1. The van der Waals surface area contributed by atoms with Crippen LogP contribution >= 0.6 is 23.7 Å². The molecule has 0 saturated carbocycles. The zero-order valence-electron chi connectivity index (χ0n) is 12.1. The first-order valence-electron chi connectivity index (χ1n) is 6.78. The van der Waals surface area contributed by atoms with Gasteiger partial charge in [-0.2, -0.15) is 0 Å². The molecule has 0 aliphatic rings. The van der Waals surface area contributed by atoms with Gasteiger partial charge in [0.2, 0.25) is 0 Å². The first-order valence-corrected chi connectivity index (χ1v) is 7.60. The number of thiazole rings is 1. The number of fused-ring (bicyclic) bond motifs is 1. The van der Waals surface area contributed by atoms with Gasteiger partial charge in [-0.3, -0.25) is 4.79 Å². The van der Waals surface area contributed by atoms with E-state index in [9.17, 15) is 9.18 Å². The van der Waals surface area contributed by atoms with E-state index >= 15 is 0 Å². The van der Waals surface area contributed by atoms with E-state index in [-0.39, 0.29) is 37.2 Å². The second-order valence-electron chi connectivity index (χ2n) is 4.80. The van der Waals surface area contributed by atoms with Crippen molar-refractivity contribution in [2.24, 2.45) is 5.73 Å². The highest BCUT2D eigenvalue weighted by Crippen LogP contribution is 2.21. The van der Waals surface area contributed by atoms with Crippen molar-refractivity contribution in [3.63, 3.8) is 0 Å². The number of halogens is 2. The van der Waals surface area contributed by atoms with Crippen molar-refractivity contribution in [1.29, 1.82) is 0 Å². The summed E-state index contributed by atoms with van der Waals surface area (Å²) in [4.78, 5) is 16.4. The van der Waals surface area contributed by atoms with Crippen LogP contribution in [0.2, 0.25) is 0 Å². The van der Waals surface area contributed by atoms with E-state index in [1.807, 2.05) is 24.3 Å². The molecule has 7 heteroatoms. The lowest BCUT2D eigenvalue weighted by Gasteiger charge is -2.06. The van der Waals surface area contributed by atoms with E-state index in [1.54, 1.807) is 12.1 Å². The third kappa shape index (κ3) is 3.85. The summed E-state index contributed by atoms with van der Waals surface area (Å²) in [5.41, 5.74) is 7.39. The maximum absolute atomic E-state index is 13.8. The summed E-state index contributed by atoms with van der Waals surface area (Å²) < 4.78 is 14.8. The molecule has 2 aromatic carbocycles. The van der Waals surface area contributed by atoms with Crippen LogP contribution in [0.4, 0.5) is 4.39 Å². The number of hydrogen-bond donors (Lipinski definition) is 2. The highest BCUT2D eigenvalue weighted by atomic mass is 35.5. The van der Waals surface area contributed by atoms with Crippen LogP contribution in [0.3, 0.4) is 0 Å². The Morgan fingerprint density at radius 2 is 2.04 bits per heavy atom. The molecular weight excluding hydrogens is 337 g/mol. The Hall–Kier alpha value is -2.02. The second kappa shape index (κ2) is 7.50. The van der Waals surface area contributed by atoms with Crippen molar-refractivity contribution in [1.82, 2.24) is 10.3 Å². The zero-order chi connectivity index (χ0) is 15.5. The summed E-state index contributed by atoms with van der Waals surface area (Å²) >= 11 is 1.32. The van der Waals surface area contributed by atoms with Gasteiger partial charge in [0.05, 0.1) is 10.2 Å². The average Bonchev–Trinajstić information content (AvgIpc) is 2.97. The first kappa shape index (κ1) is 17.3. The molecule has 1 amide bonds. The Kier molecular flexibility index (Phi) is 5.65. The summed E-state index contributed by atoms with van der Waals surface area (Å²) in [7, 11) is 0. The van der Waals surface area contributed by atoms with E-state index in [4.69, 9.17) is 5.73 Å². The van der Waals surface area contributed by atoms with Crippen LogP contribution < -0.4 is 11.1 Å². The second-order valence-corrected chi connectivity index (χ2v) is 5.83. The van der Waals surface area contributed by atoms with Crippen molar-refractivity contribution in [2.75, 3.05) is 0 Å². The van der Waals surface area contributed by atoms with Crippen LogP contribution in [0.5, 0.6) is 0 Å². The van der Waals surface area contributed by atoms with Crippen LogP contribution in [-0.4, -0.2) is 10.9 Å². The molecule has 120 valence electrons. The van der Waals surface area contributed by atoms with Crippen molar-refractivity contribution in [2.45, 2.75) is 13.1 Å². The maximum Gasteiger partial charge on any atom is 0.280 e. The van der Waals surface area contributed by atoms with Crippen LogP contribution in [0.15, 0.2) is 42.5 Å². The summed E-state index contributed by atoms with van der Waals surface area (Å²) in [6.45, 7) is 0.403. The fraction of sp³-hybridized carbons (Fsp3) is 0.125. The Morgan fingerprint density at radius 3 is 2.74 bits per heavy atom. The van der Waals surface area contributed by atoms with Gasteiger partial charge in [0, 0.05) is 18.7 Å². The SMILES string of the molecule is Cl.NCc1ccc(CNC(=O)c2nc3ccccc3s2)c(F)c1. The van der Waals surface area contributed by atoms with Crippen molar-refractivity contribution in [3.05, 3.63) is 64.4 Å². The van der Waals surface area contributed by atoms with Gasteiger partial charge in [0.15, 0.2) is 5.01 Å². The Bertz CT molecular complexity index is 804. The van der Waals surface area contributed by atoms with Gasteiger partial charge in [0.1, 0.15) is 5.82 Å². The van der Waals surface area contributed by atoms with Crippen molar-refractivity contribution < 1.29 is 9.18 Å². The van der Waals surface area contributed by atoms with E-state index < -0.39 is 0 Å². The molecule has 0 spiro atoms. The Labute approximate surface area is 142 Å². The monoisotopic (exact) mass is 351 g/mol. The molecule has 0 bridgehead atoms. The van der Waals surface area contributed by atoms with Gasteiger partial charge in [-0.05, 0) is 23.8 Å². The fourth-order valence-corrected chi connectivity index (χ4v) is 2.96. The fourth-order valence-electron chi connectivity index (χ4n) is 2.08. The average molecular weight is 352 g/mol. The normalized spacial score (nSPS) is 10.3. The van der Waals surface area contributed by atoms with Gasteiger partial charge in [-0.25, -0.2) is 9.37 Å². The summed E-state index contributed by atoms with van der Waals surface area (Å²) in [5.74, 6) is -0.670. The summed E-state index contributed by atoms with van der Waals surface area (Å²) in [6.07, 6.45) is 0. The van der Waals surface area contributed by atoms with E-state index in [0.717, 1.165) is 15.8 Å². The molecule has 0 fully saturated rings. The first-order chi connectivity index (χ1) is 10.7. The van der Waals surface area contributed by atoms with Gasteiger partial charge in [-0.1, -0.05) is 24.3 Å². The number of carbonyl (C=O) groups is 1. The number of benzene rings is 2. The molecular formula is C16H15ClFN3OS. The predicted octanol–water partition coefficient (Wildman–Crippen LogP) is 3.25. The zero-order valence-corrected chi connectivity index (χ0v) is 13.7. The molecule has 0 aliphatic heterocycles. The van der Waals surface area contributed by atoms with Crippen molar-refractivity contribution >= 4 is 39.9 Å². The molecule has 0 atom stereocenters. The predicted molar refractivity (Wildman–Crippen MR) is 92.3 cm³/mol. The van der Waals surface area contributed by atoms with Crippen LogP contribution in [0, 0.1) is 5.82 Å². The minimum atomic E-state index is -0.368. The molecule has 4 nitrogen and oxygen atoms in total. The quantitative estimate of drug-likeness (QED) is 0.758. The topological polar surface area (TPSA) is 68.0 Å². The molecule has 3 aromatic rings. The number of amides is 1. The van der Waals surface area contributed by atoms with E-state index in [1.165, 1.54) is 17.4 Å². The van der Waals surface area contributed by atoms with Crippen LogP contribution in [0.1, 0.15) is 20.9 Å². The third-order valence-electron chi connectivity index (χ3n) is 3.28. The number of hydrogen-bond acceptors (Lipinski definition) is 4. The van der Waals surface area contributed by atoms with E-state index in [2.05, 4.69) is 10.3 Å². The molecule has 1 heterocycles. The van der Waals surface area contributed by atoms with Crippen LogP contribution in [0.25, 0.3) is 10.2 Å². The lowest BCUT2D eigenvalue weighted by atomic mass is 10.1. The number of aromatic nitrogens is 1. The Morgan fingerprint density at radius 1 is 1.26 bits per heavy atom. The van der Waals surface area contributed by atoms with Gasteiger partial charge < -0.3 is 11.1 Å². The number of nitrogens with two attached hydrogens (primary N) is 1. The van der Waals surface area contributed by atoms with Gasteiger partial charge in [0.25, 0.3) is 5.91 Å². The molecule has 0 saturated heterocycles. The molecule has 0 aliphatic carbocycles. The number of carbonyl (C=O) groups excluding carboxylic acids is 1. The molecule has 23 heavy (non-hydrogen) atoms. The van der Waals surface area contributed by atoms with Gasteiger partial charge in [-0.15, -0.1) is 23.7 Å². The lowest BCUT2D eigenvalue weighted by Crippen LogP contribution is -2.23. The molecule has 3 rings (SSSR count). The molecule has 3 N–H and O–H groups in total. The number of rotatable bonds is 4. The van der Waals surface area contributed by atoms with E-state index in [0.29, 0.717) is 10.6 Å². The summed E-state index contributed by atoms with van der Waals surface area (Å²) in [6, 6.07) is 12.3. The summed E-state index contributed by atoms with van der Waals surface area (Å²) in [5, 5.41) is 3.07. The molecule has 0 radical (unpaired) electrons. The largest absolute Gasteiger partial charge is 0.346 e. The van der Waals surface area contributed by atoms with Crippen molar-refractivity contribution in [3.8, 4) is 0 Å². The minimum absolute atomic E-state index is 0. The van der Waals surface area contributed by atoms with Gasteiger partial charge >= 0.3 is 0 Å². The van der Waals surface area contributed by atoms with Crippen LogP contribution in [-0.2, 0) is 13.1 Å². The maximum atomic E-state index is 13.8. The Balaban J connectivity index is 0.00000192. The molecule has 1 aromatic heterocycles.